The molecule has 1 amide bonds. The summed E-state index contributed by atoms with van der Waals surface area (Å²) in [7, 11) is 1.30. The van der Waals surface area contributed by atoms with E-state index in [1.54, 1.807) is 0 Å². The average Bonchev–Trinajstić information content (AvgIpc) is 2.52. The lowest BCUT2D eigenvalue weighted by Gasteiger charge is -2.08. The molecule has 0 radical (unpaired) electrons. The van der Waals surface area contributed by atoms with Crippen LogP contribution in [0.25, 0.3) is 0 Å². The Labute approximate surface area is 65.0 Å². The molecule has 1 aliphatic rings. The molecule has 0 bridgehead atoms. The smallest absolute Gasteiger partial charge is 0.431 e. The molecule has 5 nitrogen and oxygen atoms in total. The first-order valence-corrected chi connectivity index (χ1v) is 3.53. The van der Waals surface area contributed by atoms with Crippen LogP contribution in [0.4, 0.5) is 4.79 Å². The fourth-order valence-electron chi connectivity index (χ4n) is 0.902. The Morgan fingerprint density at radius 2 is 2.55 bits per heavy atom. The van der Waals surface area contributed by atoms with Gasteiger partial charge in [-0.2, -0.15) is 5.48 Å². The second kappa shape index (κ2) is 4.15. The number of ether oxygens (including phenoxy) is 1. The van der Waals surface area contributed by atoms with Gasteiger partial charge in [-0.05, 0) is 13.0 Å². The number of hydroxylamine groups is 1. The van der Waals surface area contributed by atoms with Gasteiger partial charge in [0.05, 0.1) is 13.2 Å². The molecule has 1 aliphatic heterocycles. The Kier molecular flexibility index (Phi) is 3.13. The molecule has 1 rings (SSSR count). The van der Waals surface area contributed by atoms with E-state index in [2.05, 4.69) is 15.5 Å². The fourth-order valence-corrected chi connectivity index (χ4v) is 0.902. The van der Waals surface area contributed by atoms with Gasteiger partial charge in [-0.3, -0.25) is 4.84 Å². The van der Waals surface area contributed by atoms with Gasteiger partial charge in [-0.25, -0.2) is 4.79 Å². The SMILES string of the molecule is COC(=O)NOC1CCNC1. The first-order valence-electron chi connectivity index (χ1n) is 3.53. The van der Waals surface area contributed by atoms with E-state index in [0.29, 0.717) is 0 Å². The molecule has 1 heterocycles. The van der Waals surface area contributed by atoms with E-state index in [-0.39, 0.29) is 6.10 Å². The minimum atomic E-state index is -0.558. The number of rotatable bonds is 2. The zero-order valence-corrected chi connectivity index (χ0v) is 6.42. The summed E-state index contributed by atoms with van der Waals surface area (Å²) in [6.45, 7) is 1.72. The maximum absolute atomic E-state index is 10.5. The van der Waals surface area contributed by atoms with Crippen molar-refractivity contribution in [1.29, 1.82) is 0 Å². The topological polar surface area (TPSA) is 59.6 Å². The molecule has 5 heteroatoms. The molecule has 11 heavy (non-hydrogen) atoms. The minimum absolute atomic E-state index is 0.0779. The molecule has 0 saturated carbocycles. The summed E-state index contributed by atoms with van der Waals surface area (Å²) in [6, 6.07) is 0. The number of hydrogen-bond acceptors (Lipinski definition) is 4. The fraction of sp³-hybridized carbons (Fsp3) is 0.833. The van der Waals surface area contributed by atoms with Crippen LogP contribution in [-0.4, -0.2) is 32.4 Å². The number of carbonyl (C=O) groups is 1. The predicted molar refractivity (Wildman–Crippen MR) is 37.9 cm³/mol. The lowest BCUT2D eigenvalue weighted by molar-refractivity contribution is -0.00982. The number of hydrogen-bond donors (Lipinski definition) is 2. The van der Waals surface area contributed by atoms with Gasteiger partial charge in [-0.1, -0.05) is 0 Å². The number of methoxy groups -OCH3 is 1. The first kappa shape index (κ1) is 8.29. The van der Waals surface area contributed by atoms with E-state index in [4.69, 9.17) is 4.84 Å². The van der Waals surface area contributed by atoms with Crippen LogP contribution in [0.1, 0.15) is 6.42 Å². The number of amides is 1. The zero-order chi connectivity index (χ0) is 8.10. The Morgan fingerprint density at radius 1 is 1.73 bits per heavy atom. The Hall–Kier alpha value is -0.810. The molecular weight excluding hydrogens is 148 g/mol. The van der Waals surface area contributed by atoms with E-state index in [1.165, 1.54) is 7.11 Å². The van der Waals surface area contributed by atoms with Crippen molar-refractivity contribution >= 4 is 6.09 Å². The molecule has 1 fully saturated rings. The van der Waals surface area contributed by atoms with Gasteiger partial charge >= 0.3 is 6.09 Å². The van der Waals surface area contributed by atoms with Gasteiger partial charge in [0.25, 0.3) is 0 Å². The Bertz CT molecular complexity index is 134. The molecule has 2 N–H and O–H groups in total. The normalized spacial score (nSPS) is 23.2. The van der Waals surface area contributed by atoms with Crippen molar-refractivity contribution in [3.63, 3.8) is 0 Å². The second-order valence-electron chi connectivity index (χ2n) is 2.33. The van der Waals surface area contributed by atoms with Gasteiger partial charge in [0.2, 0.25) is 0 Å². The highest BCUT2D eigenvalue weighted by molar-refractivity contribution is 5.65. The molecule has 1 unspecified atom stereocenters. The van der Waals surface area contributed by atoms with Crippen LogP contribution in [0.15, 0.2) is 0 Å². The highest BCUT2D eigenvalue weighted by Gasteiger charge is 2.15. The Morgan fingerprint density at radius 3 is 3.09 bits per heavy atom. The molecule has 0 aromatic carbocycles. The quantitative estimate of drug-likeness (QED) is 0.541. The van der Waals surface area contributed by atoms with Crippen LogP contribution in [0.5, 0.6) is 0 Å². The minimum Gasteiger partial charge on any atom is -0.451 e. The van der Waals surface area contributed by atoms with E-state index in [1.807, 2.05) is 0 Å². The molecular formula is C6H12N2O3. The molecule has 64 valence electrons. The zero-order valence-electron chi connectivity index (χ0n) is 6.42. The third kappa shape index (κ3) is 2.73. The monoisotopic (exact) mass is 160 g/mol. The largest absolute Gasteiger partial charge is 0.451 e. The second-order valence-corrected chi connectivity index (χ2v) is 2.33. The molecule has 0 aliphatic carbocycles. The van der Waals surface area contributed by atoms with Crippen molar-refractivity contribution in [2.75, 3.05) is 20.2 Å². The van der Waals surface area contributed by atoms with E-state index in [0.717, 1.165) is 19.5 Å². The molecule has 0 aromatic heterocycles. The molecule has 0 aromatic rings. The Balaban J connectivity index is 2.06. The van der Waals surface area contributed by atoms with Crippen LogP contribution < -0.4 is 10.8 Å². The summed E-state index contributed by atoms with van der Waals surface area (Å²) in [5.41, 5.74) is 2.17. The van der Waals surface area contributed by atoms with Crippen molar-refractivity contribution < 1.29 is 14.4 Å². The lowest BCUT2D eigenvalue weighted by Crippen LogP contribution is -2.30. The van der Waals surface area contributed by atoms with Crippen LogP contribution >= 0.6 is 0 Å². The third-order valence-corrected chi connectivity index (χ3v) is 1.51. The lowest BCUT2D eigenvalue weighted by atomic mass is 10.3. The van der Waals surface area contributed by atoms with Crippen molar-refractivity contribution in [1.82, 2.24) is 10.8 Å². The molecule has 1 saturated heterocycles. The third-order valence-electron chi connectivity index (χ3n) is 1.51. The van der Waals surface area contributed by atoms with E-state index in [9.17, 15) is 4.79 Å². The van der Waals surface area contributed by atoms with Crippen LogP contribution in [0.3, 0.4) is 0 Å². The van der Waals surface area contributed by atoms with Crippen LogP contribution in [0.2, 0.25) is 0 Å². The summed E-state index contributed by atoms with van der Waals surface area (Å²) < 4.78 is 4.31. The number of nitrogens with one attached hydrogen (secondary N) is 2. The van der Waals surface area contributed by atoms with Crippen molar-refractivity contribution in [3.8, 4) is 0 Å². The van der Waals surface area contributed by atoms with E-state index < -0.39 is 6.09 Å². The molecule has 0 spiro atoms. The summed E-state index contributed by atoms with van der Waals surface area (Å²) in [4.78, 5) is 15.5. The first-order chi connectivity index (χ1) is 5.33. The predicted octanol–water partition coefficient (Wildman–Crippen LogP) is -0.364. The molecule has 1 atom stereocenters. The highest BCUT2D eigenvalue weighted by atomic mass is 16.7. The highest BCUT2D eigenvalue weighted by Crippen LogP contribution is 2.00. The van der Waals surface area contributed by atoms with Gasteiger partial charge in [0.15, 0.2) is 0 Å². The maximum atomic E-state index is 10.5. The summed E-state index contributed by atoms with van der Waals surface area (Å²) in [6.07, 6.45) is 0.440. The summed E-state index contributed by atoms with van der Waals surface area (Å²) >= 11 is 0. The van der Waals surface area contributed by atoms with Crippen molar-refractivity contribution in [2.24, 2.45) is 0 Å². The van der Waals surface area contributed by atoms with Crippen LogP contribution in [-0.2, 0) is 9.57 Å². The maximum Gasteiger partial charge on any atom is 0.431 e. The van der Waals surface area contributed by atoms with Gasteiger partial charge in [0.1, 0.15) is 0 Å². The van der Waals surface area contributed by atoms with Gasteiger partial charge in [-0.15, -0.1) is 0 Å². The number of carbonyl (C=O) groups excluding carboxylic acids is 1. The van der Waals surface area contributed by atoms with Gasteiger partial charge < -0.3 is 10.1 Å². The van der Waals surface area contributed by atoms with E-state index >= 15 is 0 Å². The van der Waals surface area contributed by atoms with Gasteiger partial charge in [0, 0.05) is 6.54 Å². The van der Waals surface area contributed by atoms with Crippen molar-refractivity contribution in [2.45, 2.75) is 12.5 Å². The van der Waals surface area contributed by atoms with Crippen molar-refractivity contribution in [3.05, 3.63) is 0 Å². The summed E-state index contributed by atoms with van der Waals surface area (Å²) in [5.74, 6) is 0. The standard InChI is InChI=1S/C6H12N2O3/c1-10-6(9)8-11-5-2-3-7-4-5/h5,7H,2-4H2,1H3,(H,8,9). The van der Waals surface area contributed by atoms with Crippen LogP contribution in [0, 0.1) is 0 Å². The average molecular weight is 160 g/mol. The summed E-state index contributed by atoms with van der Waals surface area (Å²) in [5, 5.41) is 3.10.